The van der Waals surface area contributed by atoms with Gasteiger partial charge in [0.25, 0.3) is 5.91 Å². The molecule has 0 spiro atoms. The largest absolute Gasteiger partial charge is 0.507 e. The molecule has 0 heterocycles. The summed E-state index contributed by atoms with van der Waals surface area (Å²) < 4.78 is 0. The predicted octanol–water partition coefficient (Wildman–Crippen LogP) is 3.37. The van der Waals surface area contributed by atoms with Gasteiger partial charge in [-0.2, -0.15) is 0 Å². The van der Waals surface area contributed by atoms with Crippen molar-refractivity contribution in [3.8, 4) is 5.75 Å². The summed E-state index contributed by atoms with van der Waals surface area (Å²) in [6.07, 6.45) is 0. The number of para-hydroxylation sites is 1. The van der Waals surface area contributed by atoms with E-state index in [0.29, 0.717) is 23.6 Å². The van der Waals surface area contributed by atoms with Gasteiger partial charge in [-0.15, -0.1) is 11.6 Å². The van der Waals surface area contributed by atoms with Crippen LogP contribution >= 0.6 is 11.6 Å². The lowest BCUT2D eigenvalue weighted by Gasteiger charge is -2.08. The Morgan fingerprint density at radius 3 is 2.45 bits per heavy atom. The number of alkyl halides is 1. The van der Waals surface area contributed by atoms with Crippen LogP contribution in [0.1, 0.15) is 27.0 Å². The number of aromatic hydroxyl groups is 1. The Kier molecular flexibility index (Phi) is 4.64. The average Bonchev–Trinajstić information content (AvgIpc) is 2.48. The van der Waals surface area contributed by atoms with Gasteiger partial charge < -0.3 is 10.4 Å². The minimum absolute atomic E-state index is 0.0301. The topological polar surface area (TPSA) is 49.3 Å². The molecule has 3 nitrogen and oxygen atoms in total. The molecule has 0 fully saturated rings. The van der Waals surface area contributed by atoms with Crippen LogP contribution in [0.4, 0.5) is 0 Å². The van der Waals surface area contributed by atoms with Crippen molar-refractivity contribution < 1.29 is 9.90 Å². The van der Waals surface area contributed by atoms with E-state index in [-0.39, 0.29) is 11.7 Å². The van der Waals surface area contributed by atoms with Gasteiger partial charge in [-0.25, -0.2) is 0 Å². The lowest BCUT2D eigenvalue weighted by Crippen LogP contribution is -2.23. The number of nitrogens with one attached hydrogen (secondary N) is 1. The van der Waals surface area contributed by atoms with E-state index in [1.807, 2.05) is 24.3 Å². The third-order valence-electron chi connectivity index (χ3n) is 3.11. The summed E-state index contributed by atoms with van der Waals surface area (Å²) in [6.45, 7) is 2.17. The molecular weight excluding hydrogens is 274 g/mol. The lowest BCUT2D eigenvalue weighted by atomic mass is 10.1. The molecule has 0 saturated carbocycles. The highest BCUT2D eigenvalue weighted by Gasteiger charge is 2.11. The first-order chi connectivity index (χ1) is 9.61. The molecule has 0 aliphatic carbocycles. The average molecular weight is 290 g/mol. The van der Waals surface area contributed by atoms with Crippen molar-refractivity contribution in [2.75, 3.05) is 0 Å². The van der Waals surface area contributed by atoms with Gasteiger partial charge in [0.1, 0.15) is 5.75 Å². The van der Waals surface area contributed by atoms with Crippen LogP contribution < -0.4 is 5.32 Å². The van der Waals surface area contributed by atoms with Crippen molar-refractivity contribution in [1.82, 2.24) is 5.32 Å². The van der Waals surface area contributed by atoms with Crippen LogP contribution in [0.5, 0.6) is 5.75 Å². The quantitative estimate of drug-likeness (QED) is 0.848. The summed E-state index contributed by atoms with van der Waals surface area (Å²) in [7, 11) is 0. The van der Waals surface area contributed by atoms with Crippen LogP contribution in [0.3, 0.4) is 0 Å². The Hall–Kier alpha value is -2.00. The molecule has 0 aliphatic heterocycles. The van der Waals surface area contributed by atoms with Gasteiger partial charge in [0.05, 0.1) is 5.56 Å². The number of phenols is 1. The second-order valence-electron chi connectivity index (χ2n) is 4.60. The molecule has 0 unspecified atom stereocenters. The molecule has 0 atom stereocenters. The number of hydrogen-bond acceptors (Lipinski definition) is 2. The van der Waals surface area contributed by atoms with Gasteiger partial charge in [-0.3, -0.25) is 4.79 Å². The standard InChI is InChI=1S/C16H16ClNO2/c1-11-3-2-4-14(15(11)19)16(20)18-10-13-7-5-12(9-17)6-8-13/h2-8,19H,9-10H2,1H3,(H,18,20). The van der Waals surface area contributed by atoms with E-state index in [9.17, 15) is 9.90 Å². The van der Waals surface area contributed by atoms with Crippen LogP contribution in [0, 0.1) is 6.92 Å². The van der Waals surface area contributed by atoms with Crippen molar-refractivity contribution in [1.29, 1.82) is 0 Å². The molecule has 2 aromatic rings. The highest BCUT2D eigenvalue weighted by Crippen LogP contribution is 2.21. The van der Waals surface area contributed by atoms with E-state index in [1.54, 1.807) is 25.1 Å². The maximum atomic E-state index is 12.0. The second kappa shape index (κ2) is 6.44. The van der Waals surface area contributed by atoms with E-state index in [0.717, 1.165) is 11.1 Å². The number of benzene rings is 2. The summed E-state index contributed by atoms with van der Waals surface area (Å²) in [5, 5.41) is 12.6. The molecule has 0 aromatic heterocycles. The Bertz CT molecular complexity index is 608. The zero-order valence-corrected chi connectivity index (χ0v) is 11.9. The first-order valence-corrected chi connectivity index (χ1v) is 6.86. The molecular formula is C16H16ClNO2. The van der Waals surface area contributed by atoms with Crippen molar-refractivity contribution in [3.63, 3.8) is 0 Å². The SMILES string of the molecule is Cc1cccc(C(=O)NCc2ccc(CCl)cc2)c1O. The maximum absolute atomic E-state index is 12.0. The number of halogens is 1. The van der Waals surface area contributed by atoms with Crippen LogP contribution in [0.2, 0.25) is 0 Å². The molecule has 20 heavy (non-hydrogen) atoms. The normalized spacial score (nSPS) is 10.3. The zero-order valence-electron chi connectivity index (χ0n) is 11.2. The fourth-order valence-electron chi connectivity index (χ4n) is 1.87. The van der Waals surface area contributed by atoms with Gasteiger partial charge in [0.15, 0.2) is 0 Å². The third-order valence-corrected chi connectivity index (χ3v) is 3.42. The van der Waals surface area contributed by atoms with Gasteiger partial charge in [-0.1, -0.05) is 36.4 Å². The number of aryl methyl sites for hydroxylation is 1. The van der Waals surface area contributed by atoms with Crippen molar-refractivity contribution in [3.05, 3.63) is 64.7 Å². The lowest BCUT2D eigenvalue weighted by molar-refractivity contribution is 0.0948. The second-order valence-corrected chi connectivity index (χ2v) is 4.87. The highest BCUT2D eigenvalue weighted by molar-refractivity contribution is 6.17. The Balaban J connectivity index is 2.02. The molecule has 2 aromatic carbocycles. The van der Waals surface area contributed by atoms with Crippen LogP contribution in [0.25, 0.3) is 0 Å². The van der Waals surface area contributed by atoms with E-state index >= 15 is 0 Å². The van der Waals surface area contributed by atoms with E-state index in [4.69, 9.17) is 11.6 Å². The number of hydrogen-bond donors (Lipinski definition) is 2. The van der Waals surface area contributed by atoms with Gasteiger partial charge in [0.2, 0.25) is 0 Å². The maximum Gasteiger partial charge on any atom is 0.255 e. The number of phenolic OH excluding ortho intramolecular Hbond substituents is 1. The monoisotopic (exact) mass is 289 g/mol. The van der Waals surface area contributed by atoms with Crippen molar-refractivity contribution >= 4 is 17.5 Å². The van der Waals surface area contributed by atoms with Crippen LogP contribution in [0.15, 0.2) is 42.5 Å². The molecule has 4 heteroatoms. The summed E-state index contributed by atoms with van der Waals surface area (Å²) in [6, 6.07) is 12.8. The number of carbonyl (C=O) groups excluding carboxylic acids is 1. The van der Waals surface area contributed by atoms with Gasteiger partial charge in [-0.05, 0) is 29.7 Å². The van der Waals surface area contributed by atoms with Gasteiger partial charge >= 0.3 is 0 Å². The number of carbonyl (C=O) groups is 1. The Morgan fingerprint density at radius 1 is 1.15 bits per heavy atom. The summed E-state index contributed by atoms with van der Waals surface area (Å²) in [4.78, 5) is 12.0. The minimum atomic E-state index is -0.285. The molecule has 2 rings (SSSR count). The minimum Gasteiger partial charge on any atom is -0.507 e. The molecule has 0 aliphatic rings. The van der Waals surface area contributed by atoms with E-state index in [1.165, 1.54) is 0 Å². The molecule has 0 saturated heterocycles. The number of amides is 1. The molecule has 2 N–H and O–H groups in total. The third kappa shape index (κ3) is 3.31. The van der Waals surface area contributed by atoms with Crippen molar-refractivity contribution in [2.45, 2.75) is 19.3 Å². The fourth-order valence-corrected chi connectivity index (χ4v) is 2.04. The first-order valence-electron chi connectivity index (χ1n) is 6.32. The molecule has 0 bridgehead atoms. The van der Waals surface area contributed by atoms with Crippen LogP contribution in [-0.2, 0) is 12.4 Å². The molecule has 104 valence electrons. The summed E-state index contributed by atoms with van der Waals surface area (Å²) in [5.74, 6) is 0.221. The fraction of sp³-hybridized carbons (Fsp3) is 0.188. The Morgan fingerprint density at radius 2 is 1.80 bits per heavy atom. The van der Waals surface area contributed by atoms with E-state index in [2.05, 4.69) is 5.32 Å². The van der Waals surface area contributed by atoms with Gasteiger partial charge in [0, 0.05) is 12.4 Å². The summed E-state index contributed by atoms with van der Waals surface area (Å²) in [5.41, 5.74) is 3.00. The number of rotatable bonds is 4. The zero-order chi connectivity index (χ0) is 14.5. The Labute approximate surface area is 123 Å². The highest BCUT2D eigenvalue weighted by atomic mass is 35.5. The predicted molar refractivity (Wildman–Crippen MR) is 80.0 cm³/mol. The molecule has 0 radical (unpaired) electrons. The first kappa shape index (κ1) is 14.4. The smallest absolute Gasteiger partial charge is 0.255 e. The summed E-state index contributed by atoms with van der Waals surface area (Å²) >= 11 is 5.72. The van der Waals surface area contributed by atoms with Crippen LogP contribution in [-0.4, -0.2) is 11.0 Å². The molecule has 1 amide bonds. The van der Waals surface area contributed by atoms with E-state index < -0.39 is 0 Å². The van der Waals surface area contributed by atoms with Crippen molar-refractivity contribution in [2.24, 2.45) is 0 Å².